The molecule has 1 aromatic heterocycles. The lowest BCUT2D eigenvalue weighted by Gasteiger charge is -2.11. The molecule has 0 saturated heterocycles. The number of aryl methyl sites for hydroxylation is 1. The van der Waals surface area contributed by atoms with Crippen LogP contribution in [0.5, 0.6) is 11.5 Å². The SMILES string of the molecule is Cc1cc(C=Nc2ccc3c(c2)OCO3)c(C)n1-c1ccc2ccccc2c1. The Balaban J connectivity index is 1.50. The summed E-state index contributed by atoms with van der Waals surface area (Å²) in [6.45, 7) is 4.53. The van der Waals surface area contributed by atoms with Crippen LogP contribution in [0.1, 0.15) is 17.0 Å². The zero-order chi connectivity index (χ0) is 19.1. The summed E-state index contributed by atoms with van der Waals surface area (Å²) in [7, 11) is 0. The van der Waals surface area contributed by atoms with Crippen molar-refractivity contribution in [3.8, 4) is 17.2 Å². The average molecular weight is 368 g/mol. The minimum atomic E-state index is 0.273. The summed E-state index contributed by atoms with van der Waals surface area (Å²) in [5.41, 5.74) is 5.46. The lowest BCUT2D eigenvalue weighted by molar-refractivity contribution is 0.174. The Hall–Kier alpha value is -3.53. The van der Waals surface area contributed by atoms with Gasteiger partial charge in [-0.25, -0.2) is 0 Å². The number of aromatic nitrogens is 1. The second-order valence-corrected chi connectivity index (χ2v) is 6.99. The van der Waals surface area contributed by atoms with Gasteiger partial charge in [0.1, 0.15) is 0 Å². The molecule has 138 valence electrons. The number of rotatable bonds is 3. The maximum atomic E-state index is 5.43. The van der Waals surface area contributed by atoms with E-state index in [4.69, 9.17) is 9.47 Å². The van der Waals surface area contributed by atoms with Gasteiger partial charge in [0.05, 0.1) is 5.69 Å². The summed E-state index contributed by atoms with van der Waals surface area (Å²) in [4.78, 5) is 4.64. The molecule has 4 heteroatoms. The van der Waals surface area contributed by atoms with Gasteiger partial charge >= 0.3 is 0 Å². The number of nitrogens with zero attached hydrogens (tertiary/aromatic N) is 2. The monoisotopic (exact) mass is 368 g/mol. The molecule has 1 aliphatic rings. The highest BCUT2D eigenvalue weighted by Crippen LogP contribution is 2.35. The van der Waals surface area contributed by atoms with E-state index in [0.29, 0.717) is 0 Å². The molecule has 0 aliphatic carbocycles. The molecule has 5 rings (SSSR count). The first-order valence-corrected chi connectivity index (χ1v) is 9.31. The zero-order valence-electron chi connectivity index (χ0n) is 15.8. The van der Waals surface area contributed by atoms with Crippen LogP contribution in [0.3, 0.4) is 0 Å². The van der Waals surface area contributed by atoms with Gasteiger partial charge in [0.2, 0.25) is 6.79 Å². The Kier molecular flexibility index (Phi) is 3.90. The van der Waals surface area contributed by atoms with Gasteiger partial charge in [0, 0.05) is 34.9 Å². The van der Waals surface area contributed by atoms with Crippen molar-refractivity contribution in [2.75, 3.05) is 6.79 Å². The van der Waals surface area contributed by atoms with E-state index in [0.717, 1.165) is 34.1 Å². The van der Waals surface area contributed by atoms with E-state index in [9.17, 15) is 0 Å². The first kappa shape index (κ1) is 16.6. The van der Waals surface area contributed by atoms with Crippen LogP contribution in [0, 0.1) is 13.8 Å². The summed E-state index contributed by atoms with van der Waals surface area (Å²) in [6.07, 6.45) is 1.91. The molecule has 0 unspecified atom stereocenters. The van der Waals surface area contributed by atoms with Gasteiger partial charge in [0.15, 0.2) is 11.5 Å². The van der Waals surface area contributed by atoms with E-state index in [1.54, 1.807) is 0 Å². The summed E-state index contributed by atoms with van der Waals surface area (Å²) in [6, 6.07) is 22.9. The molecule has 0 amide bonds. The summed E-state index contributed by atoms with van der Waals surface area (Å²) < 4.78 is 13.1. The number of hydrogen-bond acceptors (Lipinski definition) is 3. The maximum absolute atomic E-state index is 5.43. The number of benzene rings is 3. The highest BCUT2D eigenvalue weighted by molar-refractivity contribution is 5.86. The summed E-state index contributed by atoms with van der Waals surface area (Å²) >= 11 is 0. The quantitative estimate of drug-likeness (QED) is 0.433. The first-order chi connectivity index (χ1) is 13.7. The molecular weight excluding hydrogens is 348 g/mol. The predicted molar refractivity (Wildman–Crippen MR) is 113 cm³/mol. The van der Waals surface area contributed by atoms with Crippen molar-refractivity contribution in [2.24, 2.45) is 4.99 Å². The molecule has 0 bridgehead atoms. The third-order valence-corrected chi connectivity index (χ3v) is 5.17. The molecular formula is C24H20N2O2. The van der Waals surface area contributed by atoms with Gasteiger partial charge in [-0.05, 0) is 55.0 Å². The smallest absolute Gasteiger partial charge is 0.231 e. The Morgan fingerprint density at radius 3 is 2.57 bits per heavy atom. The normalized spacial score (nSPS) is 12.9. The Morgan fingerprint density at radius 2 is 1.68 bits per heavy atom. The Bertz CT molecular complexity index is 1220. The van der Waals surface area contributed by atoms with Crippen LogP contribution in [0.15, 0.2) is 71.7 Å². The molecule has 0 spiro atoms. The minimum Gasteiger partial charge on any atom is -0.454 e. The highest BCUT2D eigenvalue weighted by Gasteiger charge is 2.13. The first-order valence-electron chi connectivity index (χ1n) is 9.31. The molecule has 28 heavy (non-hydrogen) atoms. The van der Waals surface area contributed by atoms with Crippen molar-refractivity contribution < 1.29 is 9.47 Å². The highest BCUT2D eigenvalue weighted by atomic mass is 16.7. The van der Waals surface area contributed by atoms with Gasteiger partial charge in [-0.3, -0.25) is 4.99 Å². The van der Waals surface area contributed by atoms with Crippen LogP contribution in [0.4, 0.5) is 5.69 Å². The molecule has 0 saturated carbocycles. The second kappa shape index (κ2) is 6.57. The van der Waals surface area contributed by atoms with E-state index >= 15 is 0 Å². The van der Waals surface area contributed by atoms with Gasteiger partial charge < -0.3 is 14.0 Å². The Labute approximate surface area is 163 Å². The third kappa shape index (κ3) is 2.83. The van der Waals surface area contributed by atoms with Crippen molar-refractivity contribution in [1.82, 2.24) is 4.57 Å². The van der Waals surface area contributed by atoms with E-state index in [-0.39, 0.29) is 6.79 Å². The van der Waals surface area contributed by atoms with Crippen LogP contribution in [0.2, 0.25) is 0 Å². The lowest BCUT2D eigenvalue weighted by atomic mass is 10.1. The van der Waals surface area contributed by atoms with Crippen LogP contribution < -0.4 is 9.47 Å². The van der Waals surface area contributed by atoms with Gasteiger partial charge in [-0.2, -0.15) is 0 Å². The van der Waals surface area contributed by atoms with Crippen LogP contribution in [-0.2, 0) is 0 Å². The molecule has 1 aliphatic heterocycles. The van der Waals surface area contributed by atoms with Crippen LogP contribution in [-0.4, -0.2) is 17.6 Å². The molecule has 4 nitrogen and oxygen atoms in total. The number of hydrogen-bond donors (Lipinski definition) is 0. The number of fused-ring (bicyclic) bond motifs is 2. The summed E-state index contributed by atoms with van der Waals surface area (Å²) in [5.74, 6) is 1.52. The minimum absolute atomic E-state index is 0.273. The molecule has 3 aromatic carbocycles. The van der Waals surface area contributed by atoms with Crippen molar-refractivity contribution in [2.45, 2.75) is 13.8 Å². The van der Waals surface area contributed by atoms with Crippen molar-refractivity contribution >= 4 is 22.7 Å². The number of aliphatic imine (C=N–C) groups is 1. The van der Waals surface area contributed by atoms with Gasteiger partial charge in [-0.1, -0.05) is 30.3 Å². The van der Waals surface area contributed by atoms with Crippen LogP contribution >= 0.6 is 0 Å². The van der Waals surface area contributed by atoms with E-state index in [1.165, 1.54) is 16.5 Å². The standard InChI is InChI=1S/C24H20N2O2/c1-16-11-20(14-25-21-8-10-23-24(13-21)28-15-27-23)17(2)26(16)22-9-7-18-5-3-4-6-19(18)12-22/h3-14H,15H2,1-2H3. The Morgan fingerprint density at radius 1 is 0.857 bits per heavy atom. The average Bonchev–Trinajstić information content (AvgIpc) is 3.29. The van der Waals surface area contributed by atoms with Gasteiger partial charge in [0.25, 0.3) is 0 Å². The number of ether oxygens (including phenoxy) is 2. The topological polar surface area (TPSA) is 35.8 Å². The fourth-order valence-electron chi connectivity index (χ4n) is 3.74. The van der Waals surface area contributed by atoms with Crippen molar-refractivity contribution in [3.63, 3.8) is 0 Å². The fourth-order valence-corrected chi connectivity index (χ4v) is 3.74. The molecule has 2 heterocycles. The molecule has 4 aromatic rings. The van der Waals surface area contributed by atoms with E-state index in [1.807, 2.05) is 24.4 Å². The van der Waals surface area contributed by atoms with Crippen LogP contribution in [0.25, 0.3) is 16.5 Å². The molecule has 0 atom stereocenters. The van der Waals surface area contributed by atoms with E-state index in [2.05, 4.69) is 71.9 Å². The molecule has 0 N–H and O–H groups in total. The second-order valence-electron chi connectivity index (χ2n) is 6.99. The van der Waals surface area contributed by atoms with E-state index < -0.39 is 0 Å². The van der Waals surface area contributed by atoms with Gasteiger partial charge in [-0.15, -0.1) is 0 Å². The zero-order valence-corrected chi connectivity index (χ0v) is 15.8. The van der Waals surface area contributed by atoms with Crippen molar-refractivity contribution in [3.05, 3.63) is 83.7 Å². The lowest BCUT2D eigenvalue weighted by Crippen LogP contribution is -1.99. The fraction of sp³-hybridized carbons (Fsp3) is 0.125. The maximum Gasteiger partial charge on any atom is 0.231 e. The molecule has 0 radical (unpaired) electrons. The third-order valence-electron chi connectivity index (χ3n) is 5.17. The largest absolute Gasteiger partial charge is 0.454 e. The predicted octanol–water partition coefficient (Wildman–Crippen LogP) is 5.73. The molecule has 0 fully saturated rings. The van der Waals surface area contributed by atoms with Crippen molar-refractivity contribution in [1.29, 1.82) is 0 Å². The summed E-state index contributed by atoms with van der Waals surface area (Å²) in [5, 5.41) is 2.49.